The van der Waals surface area contributed by atoms with Gasteiger partial charge < -0.3 is 4.42 Å². The first-order chi connectivity index (χ1) is 12.6. The summed E-state index contributed by atoms with van der Waals surface area (Å²) >= 11 is 0. The Bertz CT molecular complexity index is 968. The van der Waals surface area contributed by atoms with E-state index in [2.05, 4.69) is 15.3 Å². The van der Waals surface area contributed by atoms with Crippen molar-refractivity contribution in [3.05, 3.63) is 77.3 Å². The molecule has 4 rings (SSSR count). The Morgan fingerprint density at radius 1 is 1.19 bits per heavy atom. The number of amides is 1. The number of nitrogens with one attached hydrogen (secondary N) is 1. The minimum Gasteiger partial charge on any atom is -0.469 e. The van der Waals surface area contributed by atoms with Crippen molar-refractivity contribution < 1.29 is 18.4 Å². The van der Waals surface area contributed by atoms with Crippen molar-refractivity contribution in [1.29, 1.82) is 0 Å². The number of Topliss-reactive ketones (excluding diaryl/α,β-unsaturated/α-hetero) is 1. The van der Waals surface area contributed by atoms with Gasteiger partial charge in [0.25, 0.3) is 5.91 Å². The highest BCUT2D eigenvalue weighted by molar-refractivity contribution is 6.03. The molecule has 0 unspecified atom stereocenters. The van der Waals surface area contributed by atoms with Gasteiger partial charge in [0.2, 0.25) is 5.95 Å². The second-order valence-electron chi connectivity index (χ2n) is 6.06. The number of carbonyl (C=O) groups excluding carboxylic acids is 2. The molecule has 1 amide bonds. The predicted octanol–water partition coefficient (Wildman–Crippen LogP) is 3.37. The maximum Gasteiger partial charge on any atom is 0.258 e. The maximum atomic E-state index is 13.0. The Kier molecular flexibility index (Phi) is 4.04. The van der Waals surface area contributed by atoms with Gasteiger partial charge in [-0.25, -0.2) is 14.4 Å². The van der Waals surface area contributed by atoms with E-state index in [1.807, 2.05) is 6.07 Å². The molecule has 0 fully saturated rings. The van der Waals surface area contributed by atoms with E-state index in [-0.39, 0.29) is 23.2 Å². The Balaban J connectivity index is 1.56. The van der Waals surface area contributed by atoms with Crippen LogP contribution in [-0.4, -0.2) is 21.7 Å². The number of anilines is 1. The van der Waals surface area contributed by atoms with Gasteiger partial charge in [-0.2, -0.15) is 0 Å². The zero-order chi connectivity index (χ0) is 18.1. The Morgan fingerprint density at radius 3 is 2.73 bits per heavy atom. The number of halogens is 1. The van der Waals surface area contributed by atoms with Gasteiger partial charge in [0.15, 0.2) is 5.78 Å². The predicted molar refractivity (Wildman–Crippen MR) is 90.5 cm³/mol. The second kappa shape index (κ2) is 6.51. The molecule has 7 heteroatoms. The molecule has 0 saturated carbocycles. The van der Waals surface area contributed by atoms with Crippen LogP contribution < -0.4 is 5.32 Å². The number of aromatic nitrogens is 2. The number of ketones is 1. The van der Waals surface area contributed by atoms with E-state index in [1.165, 1.54) is 30.5 Å². The normalized spacial score (nSPS) is 16.2. The highest BCUT2D eigenvalue weighted by Gasteiger charge is 2.29. The molecule has 0 saturated heterocycles. The molecule has 0 spiro atoms. The van der Waals surface area contributed by atoms with E-state index in [0.29, 0.717) is 24.1 Å². The van der Waals surface area contributed by atoms with Gasteiger partial charge in [0.05, 0.1) is 17.5 Å². The van der Waals surface area contributed by atoms with E-state index in [4.69, 9.17) is 4.42 Å². The van der Waals surface area contributed by atoms with E-state index in [0.717, 1.165) is 5.76 Å². The number of furan rings is 1. The average molecular weight is 351 g/mol. The Hall–Kier alpha value is -3.35. The highest BCUT2D eigenvalue weighted by atomic mass is 19.1. The smallest absolute Gasteiger partial charge is 0.258 e. The van der Waals surface area contributed by atoms with Crippen LogP contribution in [0.15, 0.2) is 53.3 Å². The molecule has 26 heavy (non-hydrogen) atoms. The fraction of sp³-hybridized carbons (Fsp3) is 0.158. The Morgan fingerprint density at radius 2 is 2.00 bits per heavy atom. The number of rotatable bonds is 3. The van der Waals surface area contributed by atoms with Gasteiger partial charge in [0, 0.05) is 30.5 Å². The van der Waals surface area contributed by atoms with Gasteiger partial charge in [-0.05, 0) is 36.4 Å². The number of hydrogen-bond acceptors (Lipinski definition) is 5. The number of fused-ring (bicyclic) bond motifs is 1. The summed E-state index contributed by atoms with van der Waals surface area (Å²) in [5.41, 5.74) is 1.33. The molecule has 1 aromatic carbocycles. The molecule has 0 bridgehead atoms. The van der Waals surface area contributed by atoms with Crippen molar-refractivity contribution >= 4 is 17.6 Å². The van der Waals surface area contributed by atoms with Crippen LogP contribution in [0.25, 0.3) is 0 Å². The fourth-order valence-electron chi connectivity index (χ4n) is 3.00. The SMILES string of the molecule is O=C(Nc1ncc2c(n1)C[C@H](c1ccco1)CC2=O)c1ccc(F)cc1. The van der Waals surface area contributed by atoms with Gasteiger partial charge in [0.1, 0.15) is 11.6 Å². The largest absolute Gasteiger partial charge is 0.469 e. The lowest BCUT2D eigenvalue weighted by Crippen LogP contribution is -2.22. The van der Waals surface area contributed by atoms with Gasteiger partial charge >= 0.3 is 0 Å². The lowest BCUT2D eigenvalue weighted by molar-refractivity contribution is 0.0958. The minimum absolute atomic E-state index is 0.0518. The van der Waals surface area contributed by atoms with Gasteiger partial charge in [-0.3, -0.25) is 14.9 Å². The fourth-order valence-corrected chi connectivity index (χ4v) is 3.00. The van der Waals surface area contributed by atoms with Gasteiger partial charge in [-0.15, -0.1) is 0 Å². The summed E-state index contributed by atoms with van der Waals surface area (Å²) in [5.74, 6) is -0.168. The van der Waals surface area contributed by atoms with E-state index >= 15 is 0 Å². The van der Waals surface area contributed by atoms with Crippen molar-refractivity contribution in [3.63, 3.8) is 0 Å². The molecule has 1 atom stereocenters. The van der Waals surface area contributed by atoms with Crippen molar-refractivity contribution in [1.82, 2.24) is 9.97 Å². The van der Waals surface area contributed by atoms with Crippen LogP contribution in [0.3, 0.4) is 0 Å². The van der Waals surface area contributed by atoms with Crippen LogP contribution in [0.1, 0.15) is 44.5 Å². The summed E-state index contributed by atoms with van der Waals surface area (Å²) in [5, 5.41) is 2.57. The number of nitrogens with zero attached hydrogens (tertiary/aromatic N) is 2. The van der Waals surface area contributed by atoms with Crippen LogP contribution in [-0.2, 0) is 6.42 Å². The van der Waals surface area contributed by atoms with Crippen LogP contribution in [0.2, 0.25) is 0 Å². The summed E-state index contributed by atoms with van der Waals surface area (Å²) in [6.07, 6.45) is 3.87. The molecule has 6 nitrogen and oxygen atoms in total. The first-order valence-electron chi connectivity index (χ1n) is 8.09. The summed E-state index contributed by atoms with van der Waals surface area (Å²) in [4.78, 5) is 32.9. The van der Waals surface area contributed by atoms with Crippen LogP contribution in [0.4, 0.5) is 10.3 Å². The summed E-state index contributed by atoms with van der Waals surface area (Å²) in [6.45, 7) is 0. The molecule has 130 valence electrons. The number of benzene rings is 1. The molecule has 1 aliphatic rings. The Labute approximate surface area is 148 Å². The second-order valence-corrected chi connectivity index (χ2v) is 6.06. The third-order valence-corrected chi connectivity index (χ3v) is 4.32. The van der Waals surface area contributed by atoms with Gasteiger partial charge in [-0.1, -0.05) is 0 Å². The molecule has 0 radical (unpaired) electrons. The molecule has 1 aliphatic carbocycles. The average Bonchev–Trinajstić information content (AvgIpc) is 3.16. The van der Waals surface area contributed by atoms with Crippen LogP contribution >= 0.6 is 0 Å². The van der Waals surface area contributed by atoms with E-state index < -0.39 is 11.7 Å². The van der Waals surface area contributed by atoms with Crippen molar-refractivity contribution in [2.24, 2.45) is 0 Å². The third-order valence-electron chi connectivity index (χ3n) is 4.32. The van der Waals surface area contributed by atoms with Crippen molar-refractivity contribution in [3.8, 4) is 0 Å². The first kappa shape index (κ1) is 16.1. The molecule has 3 aromatic rings. The van der Waals surface area contributed by atoms with Crippen LogP contribution in [0, 0.1) is 5.82 Å². The maximum absolute atomic E-state index is 13.0. The highest BCUT2D eigenvalue weighted by Crippen LogP contribution is 2.32. The van der Waals surface area contributed by atoms with Crippen molar-refractivity contribution in [2.75, 3.05) is 5.32 Å². The molecule has 2 heterocycles. The number of hydrogen-bond donors (Lipinski definition) is 1. The molecular weight excluding hydrogens is 337 g/mol. The quantitative estimate of drug-likeness (QED) is 0.782. The zero-order valence-corrected chi connectivity index (χ0v) is 13.6. The molecule has 1 N–H and O–H groups in total. The summed E-state index contributed by atoms with van der Waals surface area (Å²) in [6, 6.07) is 8.77. The topological polar surface area (TPSA) is 85.1 Å². The standard InChI is InChI=1S/C19H14FN3O3/c20-13-5-3-11(4-6-13)18(25)23-19-21-10-14-15(22-19)8-12(9-16(14)24)17-2-1-7-26-17/h1-7,10,12H,8-9H2,(H,21,22,23,25)/t12-/m0/s1. The number of carbonyl (C=O) groups is 2. The molecule has 0 aliphatic heterocycles. The minimum atomic E-state index is -0.449. The molecule has 2 aromatic heterocycles. The van der Waals surface area contributed by atoms with E-state index in [9.17, 15) is 14.0 Å². The van der Waals surface area contributed by atoms with Crippen molar-refractivity contribution in [2.45, 2.75) is 18.8 Å². The first-order valence-corrected chi connectivity index (χ1v) is 8.09. The van der Waals surface area contributed by atoms with E-state index in [1.54, 1.807) is 12.3 Å². The zero-order valence-electron chi connectivity index (χ0n) is 13.6. The van der Waals surface area contributed by atoms with Crippen LogP contribution in [0.5, 0.6) is 0 Å². The summed E-state index contributed by atoms with van der Waals surface area (Å²) in [7, 11) is 0. The lowest BCUT2D eigenvalue weighted by atomic mass is 9.85. The third kappa shape index (κ3) is 3.11. The summed E-state index contributed by atoms with van der Waals surface area (Å²) < 4.78 is 18.4. The molecular formula is C19H14FN3O3. The monoisotopic (exact) mass is 351 g/mol. The lowest BCUT2D eigenvalue weighted by Gasteiger charge is -2.21.